The third-order valence-corrected chi connectivity index (χ3v) is 5.95. The van der Waals surface area contributed by atoms with Crippen molar-refractivity contribution in [2.45, 2.75) is 46.8 Å². The highest BCUT2D eigenvalue weighted by Crippen LogP contribution is 2.37. The highest BCUT2D eigenvalue weighted by molar-refractivity contribution is 8.03. The first-order valence-corrected chi connectivity index (χ1v) is 10.0. The molecule has 0 aliphatic heterocycles. The molecular formula is C21H28N2O2S. The van der Waals surface area contributed by atoms with E-state index in [4.69, 9.17) is 5.41 Å². The Labute approximate surface area is 160 Å². The maximum atomic E-state index is 12.9. The molecule has 5 heteroatoms. The van der Waals surface area contributed by atoms with Crippen LogP contribution in [-0.4, -0.2) is 23.0 Å². The predicted molar refractivity (Wildman–Crippen MR) is 109 cm³/mol. The lowest BCUT2D eigenvalue weighted by atomic mass is 9.97. The van der Waals surface area contributed by atoms with Crippen molar-refractivity contribution >= 4 is 23.9 Å². The van der Waals surface area contributed by atoms with Crippen LogP contribution in [0.2, 0.25) is 0 Å². The van der Waals surface area contributed by atoms with Crippen LogP contribution in [0.15, 0.2) is 45.9 Å². The van der Waals surface area contributed by atoms with Gasteiger partial charge in [0, 0.05) is 28.8 Å². The summed E-state index contributed by atoms with van der Waals surface area (Å²) in [7, 11) is 0. The summed E-state index contributed by atoms with van der Waals surface area (Å²) in [5.74, 6) is 1.22. The number of aliphatic hydroxyl groups is 1. The number of thioether (sulfide) groups is 1. The largest absolute Gasteiger partial charge is 0.392 e. The Hall–Kier alpha value is -1.85. The summed E-state index contributed by atoms with van der Waals surface area (Å²) in [6.07, 6.45) is 2.93. The van der Waals surface area contributed by atoms with Gasteiger partial charge in [-0.1, -0.05) is 43.7 Å². The maximum Gasteiger partial charge on any atom is 0.248 e. The van der Waals surface area contributed by atoms with Gasteiger partial charge in [-0.2, -0.15) is 0 Å². The fourth-order valence-electron chi connectivity index (χ4n) is 3.14. The van der Waals surface area contributed by atoms with E-state index < -0.39 is 0 Å². The minimum absolute atomic E-state index is 0.00947. The quantitative estimate of drug-likeness (QED) is 0.628. The van der Waals surface area contributed by atoms with Gasteiger partial charge in [0.25, 0.3) is 0 Å². The number of nitrogens with one attached hydrogen (secondary N) is 2. The zero-order valence-electron chi connectivity index (χ0n) is 15.8. The molecule has 1 unspecified atom stereocenters. The van der Waals surface area contributed by atoms with Crippen molar-refractivity contribution in [1.29, 1.82) is 5.41 Å². The molecule has 1 amide bonds. The first-order chi connectivity index (χ1) is 12.5. The Morgan fingerprint density at radius 3 is 2.81 bits per heavy atom. The highest BCUT2D eigenvalue weighted by Gasteiger charge is 2.24. The summed E-state index contributed by atoms with van der Waals surface area (Å²) >= 11 is 1.71. The van der Waals surface area contributed by atoms with Gasteiger partial charge in [0.15, 0.2) is 0 Å². The number of hydrogen-bond acceptors (Lipinski definition) is 4. The summed E-state index contributed by atoms with van der Waals surface area (Å²) in [6, 6.07) is 7.56. The lowest BCUT2D eigenvalue weighted by molar-refractivity contribution is -0.117. The van der Waals surface area contributed by atoms with Gasteiger partial charge in [0.1, 0.15) is 0 Å². The molecular weight excluding hydrogens is 344 g/mol. The molecule has 2 rings (SSSR count). The zero-order valence-corrected chi connectivity index (χ0v) is 16.6. The number of hydrogen-bond donors (Lipinski definition) is 3. The number of carbonyl (C=O) groups excluding carboxylic acids is 1. The molecule has 1 aliphatic rings. The highest BCUT2D eigenvalue weighted by atomic mass is 32.2. The van der Waals surface area contributed by atoms with Crippen molar-refractivity contribution in [3.05, 3.63) is 57.0 Å². The van der Waals surface area contributed by atoms with E-state index in [1.54, 1.807) is 11.8 Å². The molecule has 1 aliphatic carbocycles. The zero-order chi connectivity index (χ0) is 19.1. The molecule has 0 fully saturated rings. The third kappa shape index (κ3) is 4.86. The van der Waals surface area contributed by atoms with Crippen LogP contribution < -0.4 is 5.32 Å². The molecule has 0 heterocycles. The molecule has 0 saturated heterocycles. The van der Waals surface area contributed by atoms with Crippen LogP contribution in [0.5, 0.6) is 0 Å². The van der Waals surface area contributed by atoms with Crippen molar-refractivity contribution < 1.29 is 9.90 Å². The summed E-state index contributed by atoms with van der Waals surface area (Å²) in [6.45, 7) is 6.80. The number of carbonyl (C=O) groups is 1. The van der Waals surface area contributed by atoms with E-state index in [0.29, 0.717) is 24.5 Å². The van der Waals surface area contributed by atoms with Gasteiger partial charge in [0.05, 0.1) is 6.61 Å². The van der Waals surface area contributed by atoms with E-state index in [1.165, 1.54) is 11.8 Å². The van der Waals surface area contributed by atoms with Crippen LogP contribution in [0.25, 0.3) is 0 Å². The molecule has 3 N–H and O–H groups in total. The van der Waals surface area contributed by atoms with Gasteiger partial charge in [-0.3, -0.25) is 4.79 Å². The minimum Gasteiger partial charge on any atom is -0.392 e. The lowest BCUT2D eigenvalue weighted by Gasteiger charge is -2.15. The number of amides is 1. The monoisotopic (exact) mass is 372 g/mol. The van der Waals surface area contributed by atoms with Gasteiger partial charge in [-0.25, -0.2) is 0 Å². The second-order valence-electron chi connectivity index (χ2n) is 6.58. The average molecular weight is 373 g/mol. The molecule has 0 spiro atoms. The third-order valence-electron chi connectivity index (χ3n) is 4.83. The molecule has 140 valence electrons. The summed E-state index contributed by atoms with van der Waals surface area (Å²) in [4.78, 5) is 13.9. The van der Waals surface area contributed by atoms with Crippen LogP contribution in [-0.2, 0) is 17.9 Å². The van der Waals surface area contributed by atoms with Crippen LogP contribution in [0, 0.1) is 11.3 Å². The molecule has 0 radical (unpaired) electrons. The Bertz CT molecular complexity index is 737. The van der Waals surface area contributed by atoms with Gasteiger partial charge < -0.3 is 15.8 Å². The molecule has 4 nitrogen and oxygen atoms in total. The fraction of sp³-hybridized carbons (Fsp3) is 0.429. The number of allylic oxidation sites excluding steroid dienone is 2. The van der Waals surface area contributed by atoms with Crippen molar-refractivity contribution in [3.8, 4) is 0 Å². The molecule has 26 heavy (non-hydrogen) atoms. The molecule has 0 aromatic heterocycles. The molecule has 1 aromatic carbocycles. The summed E-state index contributed by atoms with van der Waals surface area (Å²) < 4.78 is 0. The second kappa shape index (κ2) is 9.74. The first kappa shape index (κ1) is 20.5. The Kier molecular flexibility index (Phi) is 7.66. The molecule has 0 saturated carbocycles. The van der Waals surface area contributed by atoms with E-state index >= 15 is 0 Å². The maximum absolute atomic E-state index is 12.9. The second-order valence-corrected chi connectivity index (χ2v) is 7.86. The van der Waals surface area contributed by atoms with Crippen molar-refractivity contribution in [1.82, 2.24) is 5.32 Å². The average Bonchev–Trinajstić information content (AvgIpc) is 2.78. The summed E-state index contributed by atoms with van der Waals surface area (Å²) in [5, 5.41) is 20.1. The van der Waals surface area contributed by atoms with E-state index in [1.807, 2.05) is 24.3 Å². The number of benzene rings is 1. The topological polar surface area (TPSA) is 73.2 Å². The van der Waals surface area contributed by atoms with Crippen LogP contribution in [0.3, 0.4) is 0 Å². The van der Waals surface area contributed by atoms with Crippen molar-refractivity contribution in [3.63, 3.8) is 0 Å². The van der Waals surface area contributed by atoms with E-state index in [-0.39, 0.29) is 12.5 Å². The predicted octanol–water partition coefficient (Wildman–Crippen LogP) is 4.20. The van der Waals surface area contributed by atoms with Crippen LogP contribution in [0.4, 0.5) is 0 Å². The Balaban J connectivity index is 2.24. The van der Waals surface area contributed by atoms with Gasteiger partial charge in [-0.15, -0.1) is 11.8 Å². The number of aliphatic hydroxyl groups excluding tert-OH is 1. The van der Waals surface area contributed by atoms with E-state index in [0.717, 1.165) is 33.8 Å². The Morgan fingerprint density at radius 2 is 2.15 bits per heavy atom. The Morgan fingerprint density at radius 1 is 1.42 bits per heavy atom. The van der Waals surface area contributed by atoms with Crippen molar-refractivity contribution in [2.24, 2.45) is 5.92 Å². The molecule has 0 bridgehead atoms. The van der Waals surface area contributed by atoms with Gasteiger partial charge in [-0.05, 0) is 42.6 Å². The lowest BCUT2D eigenvalue weighted by Crippen LogP contribution is -2.26. The normalized spacial score (nSPS) is 17.9. The minimum atomic E-state index is -0.103. The van der Waals surface area contributed by atoms with Crippen LogP contribution in [0.1, 0.15) is 44.7 Å². The van der Waals surface area contributed by atoms with Gasteiger partial charge >= 0.3 is 0 Å². The molecule has 1 atom stereocenters. The van der Waals surface area contributed by atoms with Crippen LogP contribution >= 0.6 is 11.8 Å². The standard InChI is InChI=1S/C21H28N2O2S/c1-4-26-20-15(3)14(2)8-9-18(19(20)11-22)21(25)23-12-16-6-5-7-17(10-16)13-24/h5-7,10-11,14,22,24H,4,8-9,12-13H2,1-3H3,(H,23,25). The van der Waals surface area contributed by atoms with E-state index in [2.05, 4.69) is 26.1 Å². The van der Waals surface area contributed by atoms with Crippen molar-refractivity contribution in [2.75, 3.05) is 5.75 Å². The number of rotatable bonds is 7. The smallest absolute Gasteiger partial charge is 0.248 e. The SMILES string of the molecule is CCSC1=C(C)C(C)CCC(C(=O)NCc2cccc(CO)c2)=C1C=N. The van der Waals surface area contributed by atoms with E-state index in [9.17, 15) is 9.90 Å². The first-order valence-electron chi connectivity index (χ1n) is 9.06. The molecule has 1 aromatic rings. The summed E-state index contributed by atoms with van der Waals surface area (Å²) in [5.41, 5.74) is 4.53. The van der Waals surface area contributed by atoms with Gasteiger partial charge in [0.2, 0.25) is 5.91 Å². The fourth-order valence-corrected chi connectivity index (χ4v) is 4.19.